The Kier molecular flexibility index (Phi) is 4.31. The molecular weight excluding hydrogens is 182 g/mol. The SMILES string of the molecule is CCN1CCN([C@@H](CN)C(=O)O)CC1. The number of carboxylic acid groups (broad SMARTS) is 1. The number of nitrogens with two attached hydrogens (primary N) is 1. The predicted octanol–water partition coefficient (Wildman–Crippen LogP) is -0.964. The van der Waals surface area contributed by atoms with E-state index in [1.54, 1.807) is 0 Å². The van der Waals surface area contributed by atoms with Crippen LogP contribution in [0.25, 0.3) is 0 Å². The molecule has 5 heteroatoms. The molecule has 0 aromatic heterocycles. The molecule has 1 aliphatic heterocycles. The summed E-state index contributed by atoms with van der Waals surface area (Å²) in [6.07, 6.45) is 0. The Labute approximate surface area is 84.5 Å². The summed E-state index contributed by atoms with van der Waals surface area (Å²) >= 11 is 0. The van der Waals surface area contributed by atoms with Gasteiger partial charge in [-0.1, -0.05) is 6.92 Å². The van der Waals surface area contributed by atoms with E-state index in [0.717, 1.165) is 32.7 Å². The van der Waals surface area contributed by atoms with E-state index in [-0.39, 0.29) is 6.54 Å². The van der Waals surface area contributed by atoms with Crippen molar-refractivity contribution in [3.8, 4) is 0 Å². The van der Waals surface area contributed by atoms with Crippen molar-refractivity contribution in [3.63, 3.8) is 0 Å². The number of hydrogen-bond acceptors (Lipinski definition) is 4. The van der Waals surface area contributed by atoms with Gasteiger partial charge in [0.25, 0.3) is 0 Å². The summed E-state index contributed by atoms with van der Waals surface area (Å²) in [6, 6.07) is -0.506. The lowest BCUT2D eigenvalue weighted by Gasteiger charge is -2.36. The first kappa shape index (κ1) is 11.4. The zero-order valence-electron chi connectivity index (χ0n) is 8.65. The van der Waals surface area contributed by atoms with Gasteiger partial charge in [-0.15, -0.1) is 0 Å². The number of likely N-dealkylation sites (N-methyl/N-ethyl adjacent to an activating group) is 1. The molecule has 0 radical (unpaired) electrons. The fourth-order valence-electron chi connectivity index (χ4n) is 1.80. The topological polar surface area (TPSA) is 69.8 Å². The van der Waals surface area contributed by atoms with Crippen LogP contribution in [0.5, 0.6) is 0 Å². The second kappa shape index (κ2) is 5.29. The Morgan fingerprint density at radius 1 is 1.43 bits per heavy atom. The Balaban J connectivity index is 2.43. The summed E-state index contributed by atoms with van der Waals surface area (Å²) in [5.74, 6) is -0.808. The average Bonchev–Trinajstić information content (AvgIpc) is 2.19. The smallest absolute Gasteiger partial charge is 0.322 e. The third-order valence-electron chi connectivity index (χ3n) is 2.80. The quantitative estimate of drug-likeness (QED) is 0.613. The number of nitrogens with zero attached hydrogens (tertiary/aromatic N) is 2. The van der Waals surface area contributed by atoms with Crippen molar-refractivity contribution in [3.05, 3.63) is 0 Å². The highest BCUT2D eigenvalue weighted by Gasteiger charge is 2.26. The van der Waals surface area contributed by atoms with Crippen LogP contribution >= 0.6 is 0 Å². The van der Waals surface area contributed by atoms with Gasteiger partial charge in [0.15, 0.2) is 0 Å². The third kappa shape index (κ3) is 2.67. The van der Waals surface area contributed by atoms with Crippen molar-refractivity contribution < 1.29 is 9.90 Å². The molecule has 0 aliphatic carbocycles. The van der Waals surface area contributed by atoms with Crippen molar-refractivity contribution >= 4 is 5.97 Å². The van der Waals surface area contributed by atoms with Crippen LogP contribution in [0.1, 0.15) is 6.92 Å². The molecule has 0 bridgehead atoms. The van der Waals surface area contributed by atoms with Gasteiger partial charge in [-0.3, -0.25) is 9.69 Å². The van der Waals surface area contributed by atoms with Gasteiger partial charge < -0.3 is 15.7 Å². The summed E-state index contributed by atoms with van der Waals surface area (Å²) in [5.41, 5.74) is 5.44. The molecule has 0 saturated carbocycles. The summed E-state index contributed by atoms with van der Waals surface area (Å²) in [6.45, 7) is 6.85. The van der Waals surface area contributed by atoms with Gasteiger partial charge in [0.2, 0.25) is 0 Å². The molecule has 1 heterocycles. The first-order chi connectivity index (χ1) is 6.69. The van der Waals surface area contributed by atoms with Crippen LogP contribution in [0, 0.1) is 0 Å². The van der Waals surface area contributed by atoms with E-state index < -0.39 is 12.0 Å². The molecule has 3 N–H and O–H groups in total. The zero-order valence-corrected chi connectivity index (χ0v) is 8.65. The molecular formula is C9H19N3O2. The predicted molar refractivity (Wildman–Crippen MR) is 54.2 cm³/mol. The number of rotatable bonds is 4. The number of carbonyl (C=O) groups is 1. The molecule has 0 aromatic carbocycles. The van der Waals surface area contributed by atoms with Crippen LogP contribution in [-0.4, -0.2) is 66.2 Å². The normalized spacial score (nSPS) is 22.1. The maximum atomic E-state index is 10.8. The number of carboxylic acids is 1. The first-order valence-corrected chi connectivity index (χ1v) is 5.08. The minimum absolute atomic E-state index is 0.196. The Bertz CT molecular complexity index is 190. The highest BCUT2D eigenvalue weighted by molar-refractivity contribution is 5.73. The molecule has 1 rings (SSSR count). The maximum Gasteiger partial charge on any atom is 0.322 e. The summed E-state index contributed by atoms with van der Waals surface area (Å²) < 4.78 is 0. The average molecular weight is 201 g/mol. The van der Waals surface area contributed by atoms with Gasteiger partial charge in [-0.2, -0.15) is 0 Å². The Morgan fingerprint density at radius 2 is 2.00 bits per heavy atom. The minimum atomic E-state index is -0.808. The van der Waals surface area contributed by atoms with E-state index in [1.165, 1.54) is 0 Å². The molecule has 0 aromatic rings. The second-order valence-corrected chi connectivity index (χ2v) is 3.56. The molecule has 1 fully saturated rings. The van der Waals surface area contributed by atoms with Crippen LogP contribution in [0.3, 0.4) is 0 Å². The lowest BCUT2D eigenvalue weighted by atomic mass is 10.2. The highest BCUT2D eigenvalue weighted by Crippen LogP contribution is 2.05. The summed E-state index contributed by atoms with van der Waals surface area (Å²) in [4.78, 5) is 15.1. The number of hydrogen-bond donors (Lipinski definition) is 2. The van der Waals surface area contributed by atoms with Crippen molar-refractivity contribution in [1.82, 2.24) is 9.80 Å². The van der Waals surface area contributed by atoms with Gasteiger partial charge in [0, 0.05) is 32.7 Å². The third-order valence-corrected chi connectivity index (χ3v) is 2.80. The zero-order chi connectivity index (χ0) is 10.6. The maximum absolute atomic E-state index is 10.8. The van der Waals surface area contributed by atoms with E-state index in [2.05, 4.69) is 11.8 Å². The molecule has 1 saturated heterocycles. The van der Waals surface area contributed by atoms with Gasteiger partial charge in [-0.05, 0) is 6.54 Å². The van der Waals surface area contributed by atoms with E-state index >= 15 is 0 Å². The first-order valence-electron chi connectivity index (χ1n) is 5.08. The molecule has 1 atom stereocenters. The van der Waals surface area contributed by atoms with Crippen LogP contribution < -0.4 is 5.73 Å². The van der Waals surface area contributed by atoms with Crippen molar-refractivity contribution in [2.45, 2.75) is 13.0 Å². The molecule has 0 unspecified atom stereocenters. The van der Waals surface area contributed by atoms with E-state index in [0.29, 0.717) is 0 Å². The monoisotopic (exact) mass is 201 g/mol. The number of aliphatic carboxylic acids is 1. The van der Waals surface area contributed by atoms with Gasteiger partial charge in [0.05, 0.1) is 0 Å². The van der Waals surface area contributed by atoms with Crippen LogP contribution in [0.4, 0.5) is 0 Å². The minimum Gasteiger partial charge on any atom is -0.480 e. The van der Waals surface area contributed by atoms with Crippen molar-refractivity contribution in [1.29, 1.82) is 0 Å². The lowest BCUT2D eigenvalue weighted by molar-refractivity contribution is -0.143. The fraction of sp³-hybridized carbons (Fsp3) is 0.889. The van der Waals surface area contributed by atoms with Crippen molar-refractivity contribution in [2.75, 3.05) is 39.3 Å². The Morgan fingerprint density at radius 3 is 2.36 bits per heavy atom. The van der Waals surface area contributed by atoms with Gasteiger partial charge in [0.1, 0.15) is 6.04 Å². The molecule has 0 spiro atoms. The standard InChI is InChI=1S/C9H19N3O2/c1-2-11-3-5-12(6-4-11)8(7-10)9(13)14/h8H,2-7,10H2,1H3,(H,13,14)/t8-/m0/s1. The molecule has 14 heavy (non-hydrogen) atoms. The Hall–Kier alpha value is -0.650. The number of piperazine rings is 1. The summed E-state index contributed by atoms with van der Waals surface area (Å²) in [7, 11) is 0. The van der Waals surface area contributed by atoms with E-state index in [4.69, 9.17) is 10.8 Å². The second-order valence-electron chi connectivity index (χ2n) is 3.56. The lowest BCUT2D eigenvalue weighted by Crippen LogP contribution is -2.54. The fourth-order valence-corrected chi connectivity index (χ4v) is 1.80. The van der Waals surface area contributed by atoms with E-state index in [1.807, 2.05) is 4.90 Å². The highest BCUT2D eigenvalue weighted by atomic mass is 16.4. The summed E-state index contributed by atoms with van der Waals surface area (Å²) in [5, 5.41) is 8.91. The largest absolute Gasteiger partial charge is 0.480 e. The molecule has 5 nitrogen and oxygen atoms in total. The molecule has 1 aliphatic rings. The van der Waals surface area contributed by atoms with Crippen LogP contribution in [0.2, 0.25) is 0 Å². The molecule has 0 amide bonds. The van der Waals surface area contributed by atoms with E-state index in [9.17, 15) is 4.79 Å². The van der Waals surface area contributed by atoms with Gasteiger partial charge >= 0.3 is 5.97 Å². The molecule has 82 valence electrons. The van der Waals surface area contributed by atoms with Gasteiger partial charge in [-0.25, -0.2) is 0 Å². The van der Waals surface area contributed by atoms with Crippen LogP contribution in [0.15, 0.2) is 0 Å². The van der Waals surface area contributed by atoms with Crippen LogP contribution in [-0.2, 0) is 4.79 Å². The van der Waals surface area contributed by atoms with Crippen molar-refractivity contribution in [2.24, 2.45) is 5.73 Å².